The molecule has 2 aromatic rings. The van der Waals surface area contributed by atoms with Gasteiger partial charge in [-0.1, -0.05) is 0 Å². The predicted molar refractivity (Wildman–Crippen MR) is 68.3 cm³/mol. The summed E-state index contributed by atoms with van der Waals surface area (Å²) in [6, 6.07) is 1.90. The third-order valence-corrected chi connectivity index (χ3v) is 5.11. The lowest BCUT2D eigenvalue weighted by molar-refractivity contribution is -0.153. The second-order valence-corrected chi connectivity index (χ2v) is 5.97. The van der Waals surface area contributed by atoms with Crippen LogP contribution in [-0.4, -0.2) is 31.3 Å². The van der Waals surface area contributed by atoms with Crippen molar-refractivity contribution in [3.05, 3.63) is 15.9 Å². The minimum atomic E-state index is -0.970. The van der Waals surface area contributed by atoms with Crippen LogP contribution in [0.25, 0.3) is 10.7 Å². The summed E-state index contributed by atoms with van der Waals surface area (Å²) in [6.07, 6.45) is 2.03. The minimum absolute atomic E-state index is 0.513. The largest absolute Gasteiger partial charge is 0.479 e. The standard InChI is InChI=1S/C10H9BrN4O2S/c11-6-2-5-18-7(6)8-12-13-14-15(8)10(9(16)17)3-1-4-10/h2,5H,1,3-4H2,(H,16,17). The van der Waals surface area contributed by atoms with Gasteiger partial charge >= 0.3 is 5.97 Å². The van der Waals surface area contributed by atoms with Crippen LogP contribution in [0.3, 0.4) is 0 Å². The van der Waals surface area contributed by atoms with Gasteiger partial charge in [-0.2, -0.15) is 0 Å². The SMILES string of the molecule is O=C(O)C1(n2nnnc2-c2sccc2Br)CCC1. The fourth-order valence-corrected chi connectivity index (χ4v) is 3.62. The average molecular weight is 329 g/mol. The molecule has 0 amide bonds. The zero-order chi connectivity index (χ0) is 12.8. The Morgan fingerprint density at radius 1 is 1.56 bits per heavy atom. The first-order valence-electron chi connectivity index (χ1n) is 5.41. The Kier molecular flexibility index (Phi) is 2.70. The van der Waals surface area contributed by atoms with E-state index in [0.29, 0.717) is 18.7 Å². The van der Waals surface area contributed by atoms with Crippen LogP contribution in [0.4, 0.5) is 0 Å². The van der Waals surface area contributed by atoms with Crippen LogP contribution >= 0.6 is 27.3 Å². The van der Waals surface area contributed by atoms with Crippen LogP contribution < -0.4 is 0 Å². The van der Waals surface area contributed by atoms with Gasteiger partial charge in [0.15, 0.2) is 11.4 Å². The summed E-state index contributed by atoms with van der Waals surface area (Å²) >= 11 is 4.90. The third-order valence-electron chi connectivity index (χ3n) is 3.27. The van der Waals surface area contributed by atoms with E-state index < -0.39 is 11.5 Å². The molecular formula is C10H9BrN4O2S. The van der Waals surface area contributed by atoms with Gasteiger partial charge in [0.25, 0.3) is 0 Å². The highest BCUT2D eigenvalue weighted by Crippen LogP contribution is 2.42. The van der Waals surface area contributed by atoms with Gasteiger partial charge in [0.2, 0.25) is 0 Å². The fourth-order valence-electron chi connectivity index (χ4n) is 2.10. The molecule has 1 aliphatic carbocycles. The number of aromatic nitrogens is 4. The zero-order valence-electron chi connectivity index (χ0n) is 9.21. The molecule has 2 aromatic heterocycles. The fraction of sp³-hybridized carbons (Fsp3) is 0.400. The Balaban J connectivity index is 2.13. The van der Waals surface area contributed by atoms with Gasteiger partial charge in [-0.15, -0.1) is 16.4 Å². The molecule has 0 unspecified atom stereocenters. The Morgan fingerprint density at radius 3 is 2.83 bits per heavy atom. The van der Waals surface area contributed by atoms with E-state index in [-0.39, 0.29) is 0 Å². The quantitative estimate of drug-likeness (QED) is 0.933. The smallest absolute Gasteiger partial charge is 0.331 e. The van der Waals surface area contributed by atoms with E-state index in [1.807, 2.05) is 11.4 Å². The normalized spacial score (nSPS) is 17.4. The second kappa shape index (κ2) is 4.13. The Bertz CT molecular complexity index is 605. The molecule has 0 atom stereocenters. The molecule has 2 heterocycles. The van der Waals surface area contributed by atoms with E-state index in [1.54, 1.807) is 0 Å². The monoisotopic (exact) mass is 328 g/mol. The number of aliphatic carboxylic acids is 1. The van der Waals surface area contributed by atoms with Crippen LogP contribution in [0.2, 0.25) is 0 Å². The maximum Gasteiger partial charge on any atom is 0.331 e. The van der Waals surface area contributed by atoms with Crippen molar-refractivity contribution in [2.75, 3.05) is 0 Å². The zero-order valence-corrected chi connectivity index (χ0v) is 11.6. The van der Waals surface area contributed by atoms with E-state index >= 15 is 0 Å². The highest BCUT2D eigenvalue weighted by molar-refractivity contribution is 9.10. The van der Waals surface area contributed by atoms with Gasteiger partial charge in [0, 0.05) is 4.47 Å². The Morgan fingerprint density at radius 2 is 2.33 bits per heavy atom. The number of hydrogen-bond donors (Lipinski definition) is 1. The number of carboxylic acids is 1. The van der Waals surface area contributed by atoms with Gasteiger partial charge in [-0.3, -0.25) is 0 Å². The Hall–Kier alpha value is -1.28. The lowest BCUT2D eigenvalue weighted by Gasteiger charge is -2.37. The number of thiophene rings is 1. The number of rotatable bonds is 3. The van der Waals surface area contributed by atoms with Gasteiger partial charge < -0.3 is 5.11 Å². The van der Waals surface area contributed by atoms with E-state index in [9.17, 15) is 9.90 Å². The maximum absolute atomic E-state index is 11.5. The molecule has 0 radical (unpaired) electrons. The molecule has 0 aromatic carbocycles. The molecule has 6 nitrogen and oxygen atoms in total. The number of hydrogen-bond acceptors (Lipinski definition) is 5. The summed E-state index contributed by atoms with van der Waals surface area (Å²) in [5, 5.41) is 22.8. The van der Waals surface area contributed by atoms with Crippen molar-refractivity contribution in [1.29, 1.82) is 0 Å². The van der Waals surface area contributed by atoms with Gasteiger partial charge in [-0.05, 0) is 57.1 Å². The number of carboxylic acid groups (broad SMARTS) is 1. The second-order valence-electron chi connectivity index (χ2n) is 4.20. The summed E-state index contributed by atoms with van der Waals surface area (Å²) < 4.78 is 2.33. The molecule has 0 saturated heterocycles. The molecule has 94 valence electrons. The van der Waals surface area contributed by atoms with Gasteiger partial charge in [0.1, 0.15) is 0 Å². The highest BCUT2D eigenvalue weighted by Gasteiger charge is 2.49. The van der Waals surface area contributed by atoms with E-state index in [1.165, 1.54) is 16.0 Å². The topological polar surface area (TPSA) is 80.9 Å². The van der Waals surface area contributed by atoms with Crippen LogP contribution in [-0.2, 0) is 10.3 Å². The number of halogens is 1. The average Bonchev–Trinajstić information content (AvgIpc) is 2.84. The predicted octanol–water partition coefficient (Wildman–Crippen LogP) is 2.13. The first-order valence-corrected chi connectivity index (χ1v) is 7.08. The van der Waals surface area contributed by atoms with Crippen LogP contribution in [0.15, 0.2) is 15.9 Å². The van der Waals surface area contributed by atoms with Crippen molar-refractivity contribution < 1.29 is 9.90 Å². The lowest BCUT2D eigenvalue weighted by atomic mass is 9.77. The summed E-state index contributed by atoms with van der Waals surface area (Å²) in [6.45, 7) is 0. The van der Waals surface area contributed by atoms with Gasteiger partial charge in [0.05, 0.1) is 4.88 Å². The summed E-state index contributed by atoms with van der Waals surface area (Å²) in [4.78, 5) is 12.3. The first kappa shape index (κ1) is 11.8. The molecule has 0 aliphatic heterocycles. The van der Waals surface area contributed by atoms with Crippen LogP contribution in [0.1, 0.15) is 19.3 Å². The summed E-state index contributed by atoms with van der Waals surface area (Å²) in [5.74, 6) is -0.353. The van der Waals surface area contributed by atoms with Crippen molar-refractivity contribution >= 4 is 33.2 Å². The number of carbonyl (C=O) groups is 1. The molecule has 1 aliphatic rings. The van der Waals surface area contributed by atoms with Crippen LogP contribution in [0.5, 0.6) is 0 Å². The van der Waals surface area contributed by atoms with Gasteiger partial charge in [-0.25, -0.2) is 9.48 Å². The number of tetrazole rings is 1. The van der Waals surface area contributed by atoms with Crippen molar-refractivity contribution in [2.24, 2.45) is 0 Å². The summed E-state index contributed by atoms with van der Waals surface area (Å²) in [7, 11) is 0. The molecule has 1 fully saturated rings. The molecule has 0 spiro atoms. The van der Waals surface area contributed by atoms with Crippen molar-refractivity contribution in [3.63, 3.8) is 0 Å². The maximum atomic E-state index is 11.5. The first-order chi connectivity index (χ1) is 8.65. The van der Waals surface area contributed by atoms with Crippen molar-refractivity contribution in [2.45, 2.75) is 24.8 Å². The Labute approximate surface area is 115 Å². The molecule has 8 heteroatoms. The molecular weight excluding hydrogens is 320 g/mol. The molecule has 3 rings (SSSR count). The molecule has 1 N–H and O–H groups in total. The molecule has 18 heavy (non-hydrogen) atoms. The van der Waals surface area contributed by atoms with E-state index in [0.717, 1.165) is 15.8 Å². The third kappa shape index (κ3) is 1.52. The summed E-state index contributed by atoms with van der Waals surface area (Å²) in [5.41, 5.74) is -0.970. The van der Waals surface area contributed by atoms with Crippen molar-refractivity contribution in [1.82, 2.24) is 20.2 Å². The van der Waals surface area contributed by atoms with E-state index in [4.69, 9.17) is 0 Å². The lowest BCUT2D eigenvalue weighted by Crippen LogP contribution is -2.48. The van der Waals surface area contributed by atoms with Crippen molar-refractivity contribution in [3.8, 4) is 10.7 Å². The van der Waals surface area contributed by atoms with E-state index in [2.05, 4.69) is 31.5 Å². The minimum Gasteiger partial charge on any atom is -0.479 e. The van der Waals surface area contributed by atoms with Crippen LogP contribution in [0, 0.1) is 0 Å². The molecule has 0 bridgehead atoms. The molecule has 1 saturated carbocycles. The highest BCUT2D eigenvalue weighted by atomic mass is 79.9. The number of nitrogens with zero attached hydrogens (tertiary/aromatic N) is 4.